The molecule has 0 aromatic heterocycles. The lowest BCUT2D eigenvalue weighted by Gasteiger charge is -2.36. The molecule has 0 spiro atoms. The minimum Gasteiger partial charge on any atom is -0.492 e. The molecule has 0 atom stereocenters. The number of likely N-dealkylation sites (tertiary alicyclic amines) is 1. The molecule has 36 heavy (non-hydrogen) atoms. The van der Waals surface area contributed by atoms with E-state index in [1.165, 1.54) is 0 Å². The van der Waals surface area contributed by atoms with Crippen molar-refractivity contribution >= 4 is 50.7 Å². The van der Waals surface area contributed by atoms with E-state index in [4.69, 9.17) is 39.5 Å². The summed E-state index contributed by atoms with van der Waals surface area (Å²) >= 11 is 18.2. The summed E-state index contributed by atoms with van der Waals surface area (Å²) in [6.07, 6.45) is 1.62. The highest BCUT2D eigenvalue weighted by atomic mass is 35.5. The monoisotopic (exact) mass is 580 g/mol. The van der Waals surface area contributed by atoms with Gasteiger partial charge in [0.15, 0.2) is 0 Å². The van der Waals surface area contributed by atoms with Crippen molar-refractivity contribution in [2.75, 3.05) is 19.7 Å². The van der Waals surface area contributed by atoms with Crippen LogP contribution < -0.4 is 9.46 Å². The Balaban J connectivity index is 1.28. The maximum atomic E-state index is 15.3. The topological polar surface area (TPSA) is 75.7 Å². The number of carbonyl (C=O) groups is 1. The van der Waals surface area contributed by atoms with Crippen molar-refractivity contribution < 1.29 is 26.7 Å². The molecule has 1 amide bonds. The number of hydrogen-bond donors (Lipinski definition) is 1. The molecular weight excluding hydrogens is 557 g/mol. The number of ether oxygens (including phenoxy) is 1. The maximum absolute atomic E-state index is 15.3. The number of alkyl halides is 1. The van der Waals surface area contributed by atoms with E-state index in [0.29, 0.717) is 55.4 Å². The quantitative estimate of drug-likeness (QED) is 0.406. The third kappa shape index (κ3) is 7.01. The van der Waals surface area contributed by atoms with Gasteiger partial charge in [-0.3, -0.25) is 9.69 Å². The molecular formula is C24H25Cl3F2N2O4S. The number of sulfonamides is 1. The average Bonchev–Trinajstić information content (AvgIpc) is 3.63. The fourth-order valence-corrected chi connectivity index (χ4v) is 6.21. The summed E-state index contributed by atoms with van der Waals surface area (Å²) in [5, 5.41) is 0.406. The largest absolute Gasteiger partial charge is 0.492 e. The van der Waals surface area contributed by atoms with E-state index in [1.807, 2.05) is 16.9 Å². The predicted octanol–water partition coefficient (Wildman–Crippen LogP) is 5.78. The SMILES string of the molecule is O=C(NS(=O)(=O)C1CC1)c1cc(Cl)c(OCCC2(F)CCN(Cc3cc(Cl)cc(Cl)c3)CC2)cc1F. The van der Waals surface area contributed by atoms with Gasteiger partial charge in [-0.1, -0.05) is 34.8 Å². The predicted molar refractivity (Wildman–Crippen MR) is 136 cm³/mol. The van der Waals surface area contributed by atoms with Crippen molar-refractivity contribution in [1.29, 1.82) is 0 Å². The molecule has 2 aromatic rings. The number of hydrogen-bond acceptors (Lipinski definition) is 5. The smallest absolute Gasteiger partial charge is 0.267 e. The lowest BCUT2D eigenvalue weighted by atomic mass is 9.90. The van der Waals surface area contributed by atoms with Crippen molar-refractivity contribution in [2.24, 2.45) is 0 Å². The molecule has 1 saturated heterocycles. The molecule has 6 nitrogen and oxygen atoms in total. The summed E-state index contributed by atoms with van der Waals surface area (Å²) in [5.74, 6) is -2.13. The summed E-state index contributed by atoms with van der Waals surface area (Å²) < 4.78 is 61.1. The zero-order chi connectivity index (χ0) is 26.1. The number of nitrogens with one attached hydrogen (secondary N) is 1. The first kappa shape index (κ1) is 27.4. The molecule has 4 rings (SSSR count). The van der Waals surface area contributed by atoms with E-state index in [2.05, 4.69) is 4.90 Å². The molecule has 0 unspecified atom stereocenters. The van der Waals surface area contributed by atoms with Crippen LogP contribution in [0.3, 0.4) is 0 Å². The van der Waals surface area contributed by atoms with Gasteiger partial charge in [-0.2, -0.15) is 0 Å². The summed E-state index contributed by atoms with van der Waals surface area (Å²) in [6.45, 7) is 1.66. The van der Waals surface area contributed by atoms with Crippen LogP contribution in [0.25, 0.3) is 0 Å². The van der Waals surface area contributed by atoms with E-state index in [-0.39, 0.29) is 23.8 Å². The van der Waals surface area contributed by atoms with Gasteiger partial charge < -0.3 is 4.74 Å². The molecule has 12 heteroatoms. The standard InChI is InChI=1S/C24H25Cl3F2N2O4S/c25-16-9-15(10-17(26)11-16)14-31-6-3-24(29,4-7-31)5-8-35-22-13-21(28)19(12-20(22)27)23(32)30-36(33,34)18-1-2-18/h9-13,18H,1-8,14H2,(H,30,32). The van der Waals surface area contributed by atoms with Crippen molar-refractivity contribution in [1.82, 2.24) is 9.62 Å². The lowest BCUT2D eigenvalue weighted by molar-refractivity contribution is 0.0365. The van der Waals surface area contributed by atoms with E-state index in [1.54, 1.807) is 6.07 Å². The fourth-order valence-electron chi connectivity index (χ4n) is 4.13. The summed E-state index contributed by atoms with van der Waals surface area (Å²) in [7, 11) is -3.83. The normalized spacial score (nSPS) is 18.1. The van der Waals surface area contributed by atoms with Crippen LogP contribution >= 0.6 is 34.8 Å². The molecule has 2 aromatic carbocycles. The Morgan fingerprint density at radius 2 is 1.72 bits per heavy atom. The van der Waals surface area contributed by atoms with E-state index < -0.39 is 38.2 Å². The van der Waals surface area contributed by atoms with Crippen LogP contribution in [0.4, 0.5) is 8.78 Å². The molecule has 1 heterocycles. The average molecular weight is 582 g/mol. The van der Waals surface area contributed by atoms with Crippen LogP contribution in [0.2, 0.25) is 15.1 Å². The first-order valence-corrected chi connectivity index (χ1v) is 14.2. The van der Waals surface area contributed by atoms with Gasteiger partial charge in [0.05, 0.1) is 22.4 Å². The van der Waals surface area contributed by atoms with E-state index in [9.17, 15) is 17.6 Å². The van der Waals surface area contributed by atoms with Crippen LogP contribution in [-0.4, -0.2) is 49.8 Å². The van der Waals surface area contributed by atoms with Gasteiger partial charge in [0.25, 0.3) is 5.91 Å². The Morgan fingerprint density at radius 1 is 1.08 bits per heavy atom. The summed E-state index contributed by atoms with van der Waals surface area (Å²) in [4.78, 5) is 14.3. The zero-order valence-electron chi connectivity index (χ0n) is 19.2. The molecule has 1 aliphatic heterocycles. The van der Waals surface area contributed by atoms with Crippen LogP contribution in [-0.2, 0) is 16.6 Å². The second kappa shape index (κ2) is 11.0. The first-order chi connectivity index (χ1) is 16.9. The molecule has 0 bridgehead atoms. The molecule has 2 aliphatic rings. The number of amides is 1. The number of halogens is 5. The Hall–Kier alpha value is -1.65. The van der Waals surface area contributed by atoms with Crippen LogP contribution in [0, 0.1) is 5.82 Å². The third-order valence-electron chi connectivity index (χ3n) is 6.35. The lowest BCUT2D eigenvalue weighted by Crippen LogP contribution is -2.42. The van der Waals surface area contributed by atoms with Crippen molar-refractivity contribution in [3.63, 3.8) is 0 Å². The number of piperidine rings is 1. The number of benzene rings is 2. The van der Waals surface area contributed by atoms with Crippen LogP contribution in [0.15, 0.2) is 30.3 Å². The summed E-state index contributed by atoms with van der Waals surface area (Å²) in [5.41, 5.74) is -0.988. The Bertz CT molecular complexity index is 1230. The second-order valence-electron chi connectivity index (χ2n) is 9.24. The Morgan fingerprint density at radius 3 is 2.33 bits per heavy atom. The van der Waals surface area contributed by atoms with Crippen molar-refractivity contribution in [2.45, 2.75) is 49.6 Å². The van der Waals surface area contributed by atoms with Gasteiger partial charge in [0, 0.05) is 42.2 Å². The molecule has 1 saturated carbocycles. The first-order valence-electron chi connectivity index (χ1n) is 11.5. The fraction of sp³-hybridized carbons (Fsp3) is 0.458. The third-order valence-corrected chi connectivity index (χ3v) is 8.90. The molecule has 196 valence electrons. The van der Waals surface area contributed by atoms with Gasteiger partial charge in [-0.05, 0) is 55.5 Å². The van der Waals surface area contributed by atoms with E-state index >= 15 is 4.39 Å². The highest BCUT2D eigenvalue weighted by molar-refractivity contribution is 7.91. The van der Waals surface area contributed by atoms with Crippen molar-refractivity contribution in [3.8, 4) is 5.75 Å². The Labute approximate surface area is 223 Å². The van der Waals surface area contributed by atoms with Gasteiger partial charge in [-0.25, -0.2) is 21.9 Å². The molecule has 0 radical (unpaired) electrons. The maximum Gasteiger partial charge on any atom is 0.267 e. The minimum absolute atomic E-state index is 0.0405. The van der Waals surface area contributed by atoms with Crippen molar-refractivity contribution in [3.05, 3.63) is 62.3 Å². The van der Waals surface area contributed by atoms with E-state index in [0.717, 1.165) is 17.7 Å². The zero-order valence-corrected chi connectivity index (χ0v) is 22.3. The minimum atomic E-state index is -3.83. The molecule has 1 aliphatic carbocycles. The molecule has 2 fully saturated rings. The van der Waals surface area contributed by atoms with Gasteiger partial charge in [-0.15, -0.1) is 0 Å². The number of rotatable bonds is 9. The Kier molecular flexibility index (Phi) is 8.36. The second-order valence-corrected chi connectivity index (χ2v) is 12.5. The highest BCUT2D eigenvalue weighted by Gasteiger charge is 2.37. The number of carbonyl (C=O) groups excluding carboxylic acids is 1. The van der Waals surface area contributed by atoms with Crippen LogP contribution in [0.1, 0.15) is 48.0 Å². The van der Waals surface area contributed by atoms with Gasteiger partial charge >= 0.3 is 0 Å². The molecule has 1 N–H and O–H groups in total. The van der Waals surface area contributed by atoms with Crippen LogP contribution in [0.5, 0.6) is 5.75 Å². The summed E-state index contributed by atoms with van der Waals surface area (Å²) in [6, 6.07) is 7.25. The van der Waals surface area contributed by atoms with Gasteiger partial charge in [0.1, 0.15) is 17.2 Å². The van der Waals surface area contributed by atoms with Gasteiger partial charge in [0.2, 0.25) is 10.0 Å². The highest BCUT2D eigenvalue weighted by Crippen LogP contribution is 2.33. The number of nitrogens with zero attached hydrogens (tertiary/aromatic N) is 1.